The van der Waals surface area contributed by atoms with Gasteiger partial charge in [0.15, 0.2) is 0 Å². The molecule has 1 unspecified atom stereocenters. The van der Waals surface area contributed by atoms with Gasteiger partial charge in [0.2, 0.25) is 0 Å². The molecular formula is C11H25N3O2. The van der Waals surface area contributed by atoms with Crippen molar-refractivity contribution in [3.05, 3.63) is 0 Å². The third kappa shape index (κ3) is 5.23. The van der Waals surface area contributed by atoms with E-state index in [-0.39, 0.29) is 6.61 Å². The average molecular weight is 231 g/mol. The predicted molar refractivity (Wildman–Crippen MR) is 64.3 cm³/mol. The van der Waals surface area contributed by atoms with Gasteiger partial charge in [0.1, 0.15) is 0 Å². The maximum atomic E-state index is 9.39. The van der Waals surface area contributed by atoms with Crippen molar-refractivity contribution in [2.24, 2.45) is 5.73 Å². The molecule has 1 atom stereocenters. The lowest BCUT2D eigenvalue weighted by atomic mass is 10.3. The van der Waals surface area contributed by atoms with Gasteiger partial charge in [-0.15, -0.1) is 0 Å². The lowest BCUT2D eigenvalue weighted by Gasteiger charge is -2.23. The van der Waals surface area contributed by atoms with Gasteiger partial charge in [-0.05, 0) is 39.0 Å². The van der Waals surface area contributed by atoms with Gasteiger partial charge in [0, 0.05) is 19.6 Å². The molecule has 0 aromatic rings. The molecule has 0 aromatic carbocycles. The number of nitrogens with zero attached hydrogens (tertiary/aromatic N) is 2. The zero-order chi connectivity index (χ0) is 11.8. The Kier molecular flexibility index (Phi) is 6.91. The number of aliphatic hydroxyl groups excluding tert-OH is 2. The molecule has 1 aliphatic rings. The monoisotopic (exact) mass is 231 g/mol. The molecule has 1 heterocycles. The molecule has 1 aliphatic heterocycles. The van der Waals surface area contributed by atoms with Gasteiger partial charge in [-0.1, -0.05) is 0 Å². The summed E-state index contributed by atoms with van der Waals surface area (Å²) in [6.45, 7) is 6.41. The van der Waals surface area contributed by atoms with Crippen LogP contribution < -0.4 is 5.73 Å². The molecule has 0 saturated carbocycles. The maximum Gasteiger partial charge on any atom is 0.0897 e. The van der Waals surface area contributed by atoms with E-state index in [1.165, 1.54) is 0 Å². The summed E-state index contributed by atoms with van der Waals surface area (Å²) < 4.78 is 0. The Balaban J connectivity index is 2.23. The van der Waals surface area contributed by atoms with E-state index < -0.39 is 6.10 Å². The summed E-state index contributed by atoms with van der Waals surface area (Å²) in [7, 11) is 0. The Morgan fingerprint density at radius 3 is 2.50 bits per heavy atom. The first-order valence-corrected chi connectivity index (χ1v) is 6.20. The van der Waals surface area contributed by atoms with Gasteiger partial charge in [-0.2, -0.15) is 0 Å². The predicted octanol–water partition coefficient (Wildman–Crippen LogP) is -1.30. The minimum Gasteiger partial charge on any atom is -0.394 e. The normalized spacial score (nSPS) is 21.9. The van der Waals surface area contributed by atoms with E-state index in [1.807, 2.05) is 0 Å². The fourth-order valence-electron chi connectivity index (χ4n) is 2.10. The number of hydrogen-bond donors (Lipinski definition) is 3. The number of hydrogen-bond acceptors (Lipinski definition) is 5. The van der Waals surface area contributed by atoms with Crippen LogP contribution in [0.3, 0.4) is 0 Å². The molecule has 1 fully saturated rings. The molecule has 5 nitrogen and oxygen atoms in total. The van der Waals surface area contributed by atoms with Crippen LogP contribution in [0.15, 0.2) is 0 Å². The van der Waals surface area contributed by atoms with Gasteiger partial charge < -0.3 is 20.8 Å². The highest BCUT2D eigenvalue weighted by molar-refractivity contribution is 4.72. The molecular weight excluding hydrogens is 206 g/mol. The van der Waals surface area contributed by atoms with Gasteiger partial charge in [-0.3, -0.25) is 4.90 Å². The first-order valence-electron chi connectivity index (χ1n) is 6.20. The van der Waals surface area contributed by atoms with Gasteiger partial charge in [0.25, 0.3) is 0 Å². The molecule has 4 N–H and O–H groups in total. The summed E-state index contributed by atoms with van der Waals surface area (Å²) in [5.41, 5.74) is 5.50. The van der Waals surface area contributed by atoms with E-state index >= 15 is 0 Å². The van der Waals surface area contributed by atoms with Crippen LogP contribution >= 0.6 is 0 Å². The van der Waals surface area contributed by atoms with Gasteiger partial charge in [0.05, 0.1) is 12.7 Å². The molecule has 0 aliphatic carbocycles. The number of rotatable bonds is 6. The number of aliphatic hydroxyl groups is 2. The van der Waals surface area contributed by atoms with E-state index in [1.54, 1.807) is 0 Å². The highest BCUT2D eigenvalue weighted by Crippen LogP contribution is 2.04. The smallest absolute Gasteiger partial charge is 0.0897 e. The molecule has 96 valence electrons. The van der Waals surface area contributed by atoms with Crippen LogP contribution in [-0.2, 0) is 0 Å². The summed E-state index contributed by atoms with van der Waals surface area (Å²) >= 11 is 0. The summed E-state index contributed by atoms with van der Waals surface area (Å²) in [6.07, 6.45) is 1.58. The third-order valence-corrected chi connectivity index (χ3v) is 3.04. The van der Waals surface area contributed by atoms with Crippen molar-refractivity contribution < 1.29 is 10.2 Å². The van der Waals surface area contributed by atoms with E-state index in [2.05, 4.69) is 9.80 Å². The first kappa shape index (κ1) is 13.9. The van der Waals surface area contributed by atoms with Crippen molar-refractivity contribution in [3.63, 3.8) is 0 Å². The molecule has 0 spiro atoms. The Morgan fingerprint density at radius 1 is 1.12 bits per heavy atom. The SMILES string of the molecule is NCCCN1CCCN(CC(O)CO)CC1. The molecule has 5 heteroatoms. The average Bonchev–Trinajstić information content (AvgIpc) is 2.52. The third-order valence-electron chi connectivity index (χ3n) is 3.04. The van der Waals surface area contributed by atoms with Crippen molar-refractivity contribution in [1.29, 1.82) is 0 Å². The maximum absolute atomic E-state index is 9.39. The lowest BCUT2D eigenvalue weighted by molar-refractivity contribution is 0.0602. The highest BCUT2D eigenvalue weighted by atomic mass is 16.3. The molecule has 1 saturated heterocycles. The van der Waals surface area contributed by atoms with Crippen LogP contribution in [0.1, 0.15) is 12.8 Å². The fourth-order valence-corrected chi connectivity index (χ4v) is 2.10. The molecule has 0 radical (unpaired) electrons. The first-order chi connectivity index (χ1) is 7.76. The largest absolute Gasteiger partial charge is 0.394 e. The lowest BCUT2D eigenvalue weighted by Crippen LogP contribution is -2.37. The summed E-state index contributed by atoms with van der Waals surface area (Å²) in [5.74, 6) is 0. The summed E-state index contributed by atoms with van der Waals surface area (Å²) in [4.78, 5) is 4.65. The molecule has 0 amide bonds. The Bertz CT molecular complexity index is 181. The molecule has 1 rings (SSSR count). The van der Waals surface area contributed by atoms with Crippen LogP contribution in [0.5, 0.6) is 0 Å². The minimum absolute atomic E-state index is 0.145. The van der Waals surface area contributed by atoms with Crippen LogP contribution in [0, 0.1) is 0 Å². The van der Waals surface area contributed by atoms with Crippen LogP contribution in [0.25, 0.3) is 0 Å². The van der Waals surface area contributed by atoms with Crippen molar-refractivity contribution in [2.45, 2.75) is 18.9 Å². The standard InChI is InChI=1S/C11H25N3O2/c12-3-1-4-13-5-2-6-14(8-7-13)9-11(16)10-15/h11,15-16H,1-10,12H2. The highest BCUT2D eigenvalue weighted by Gasteiger charge is 2.16. The number of nitrogens with two attached hydrogens (primary N) is 1. The van der Waals surface area contributed by atoms with E-state index in [0.717, 1.165) is 52.1 Å². The Hall–Kier alpha value is -0.200. The molecule has 0 aromatic heterocycles. The quantitative estimate of drug-likeness (QED) is 0.530. The topological polar surface area (TPSA) is 73.0 Å². The second-order valence-electron chi connectivity index (χ2n) is 4.47. The zero-order valence-electron chi connectivity index (χ0n) is 10.0. The van der Waals surface area contributed by atoms with E-state index in [4.69, 9.17) is 10.8 Å². The van der Waals surface area contributed by atoms with E-state index in [0.29, 0.717) is 6.54 Å². The molecule has 0 bridgehead atoms. The van der Waals surface area contributed by atoms with Crippen LogP contribution in [-0.4, -0.2) is 78.5 Å². The summed E-state index contributed by atoms with van der Waals surface area (Å²) in [6, 6.07) is 0. The van der Waals surface area contributed by atoms with Crippen molar-refractivity contribution in [1.82, 2.24) is 9.80 Å². The van der Waals surface area contributed by atoms with Gasteiger partial charge in [-0.25, -0.2) is 0 Å². The zero-order valence-corrected chi connectivity index (χ0v) is 10.0. The van der Waals surface area contributed by atoms with Gasteiger partial charge >= 0.3 is 0 Å². The Morgan fingerprint density at radius 2 is 1.81 bits per heavy atom. The minimum atomic E-state index is -0.601. The van der Waals surface area contributed by atoms with Crippen LogP contribution in [0.2, 0.25) is 0 Å². The molecule has 16 heavy (non-hydrogen) atoms. The number of β-amino-alcohol motifs (C(OH)–C–C–N with tert-alkyl or cyclic N) is 1. The fraction of sp³-hybridized carbons (Fsp3) is 1.00. The summed E-state index contributed by atoms with van der Waals surface area (Å²) in [5, 5.41) is 18.2. The van der Waals surface area contributed by atoms with Crippen LogP contribution in [0.4, 0.5) is 0 Å². The second kappa shape index (κ2) is 7.97. The Labute approximate surface area is 97.8 Å². The second-order valence-corrected chi connectivity index (χ2v) is 4.47. The van der Waals surface area contributed by atoms with Crippen molar-refractivity contribution in [3.8, 4) is 0 Å². The van der Waals surface area contributed by atoms with Crippen molar-refractivity contribution in [2.75, 3.05) is 52.4 Å². The van der Waals surface area contributed by atoms with E-state index in [9.17, 15) is 5.11 Å². The van der Waals surface area contributed by atoms with Crippen molar-refractivity contribution >= 4 is 0 Å².